The van der Waals surface area contributed by atoms with Crippen LogP contribution in [0.15, 0.2) is 54.9 Å². The van der Waals surface area contributed by atoms with Crippen molar-refractivity contribution in [2.45, 2.75) is 37.5 Å². The number of aliphatic hydroxyl groups excluding tert-OH is 1. The van der Waals surface area contributed by atoms with Crippen LogP contribution in [0.2, 0.25) is 0 Å². The summed E-state index contributed by atoms with van der Waals surface area (Å²) in [6.07, 6.45) is 3.56. The maximum atomic E-state index is 12.8. The lowest BCUT2D eigenvalue weighted by atomic mass is 10.0. The third-order valence-electron chi connectivity index (χ3n) is 5.57. The molecule has 3 N–H and O–H groups in total. The fraction of sp³-hybridized carbons (Fsp3) is 0.391. The SMILES string of the molecule is CN(CC(O)C(Cc1cccnc1)NC(=O)c1ccccc1)C(=O)N1CCC[C@H]1C(=O)O. The molecule has 0 radical (unpaired) electrons. The smallest absolute Gasteiger partial charge is 0.326 e. The average Bonchev–Trinajstić information content (AvgIpc) is 3.29. The molecule has 0 aliphatic carbocycles. The standard InChI is InChI=1S/C23H28N4O5/c1-26(23(32)27-12-6-10-19(27)22(30)31)15-20(28)18(13-16-7-5-11-24-14-16)25-21(29)17-8-3-2-4-9-17/h2-5,7-9,11,14,18-20,28H,6,10,12-13,15H2,1H3,(H,25,29)(H,30,31)/t18?,19-,20?/m0/s1. The molecular weight excluding hydrogens is 412 g/mol. The molecule has 2 unspecified atom stereocenters. The number of carboxylic acid groups (broad SMARTS) is 1. The summed E-state index contributed by atoms with van der Waals surface area (Å²) in [6.45, 7) is 0.293. The van der Waals surface area contributed by atoms with Gasteiger partial charge >= 0.3 is 12.0 Å². The zero-order valence-corrected chi connectivity index (χ0v) is 17.9. The molecule has 0 spiro atoms. The predicted octanol–water partition coefficient (Wildman–Crippen LogP) is 1.38. The molecule has 3 atom stereocenters. The second-order valence-electron chi connectivity index (χ2n) is 7.93. The first-order valence-corrected chi connectivity index (χ1v) is 10.5. The first kappa shape index (κ1) is 23.2. The van der Waals surface area contributed by atoms with E-state index in [1.807, 2.05) is 12.1 Å². The number of nitrogens with zero attached hydrogens (tertiary/aromatic N) is 3. The van der Waals surface area contributed by atoms with Crippen molar-refractivity contribution in [1.29, 1.82) is 0 Å². The summed E-state index contributed by atoms with van der Waals surface area (Å²) in [7, 11) is 1.52. The van der Waals surface area contributed by atoms with Gasteiger partial charge in [0.15, 0.2) is 0 Å². The third kappa shape index (κ3) is 5.82. The monoisotopic (exact) mass is 440 g/mol. The van der Waals surface area contributed by atoms with E-state index in [0.29, 0.717) is 31.4 Å². The normalized spacial score (nSPS) is 17.4. The molecule has 1 aliphatic heterocycles. The van der Waals surface area contributed by atoms with Crippen molar-refractivity contribution in [2.24, 2.45) is 0 Å². The predicted molar refractivity (Wildman–Crippen MR) is 117 cm³/mol. The lowest BCUT2D eigenvalue weighted by molar-refractivity contribution is -0.141. The number of aromatic nitrogens is 1. The number of likely N-dealkylation sites (tertiary alicyclic amines) is 1. The number of urea groups is 1. The first-order valence-electron chi connectivity index (χ1n) is 10.5. The fourth-order valence-corrected chi connectivity index (χ4v) is 3.85. The Morgan fingerprint density at radius 1 is 1.22 bits per heavy atom. The first-order chi connectivity index (χ1) is 15.4. The summed E-state index contributed by atoms with van der Waals surface area (Å²) in [6, 6.07) is 10.3. The van der Waals surface area contributed by atoms with Crippen LogP contribution in [0.5, 0.6) is 0 Å². The minimum Gasteiger partial charge on any atom is -0.480 e. The summed E-state index contributed by atoms with van der Waals surface area (Å²) in [5.74, 6) is -1.37. The van der Waals surface area contributed by atoms with Crippen LogP contribution in [0.3, 0.4) is 0 Å². The molecule has 3 rings (SSSR count). The van der Waals surface area contributed by atoms with Crippen molar-refractivity contribution in [3.63, 3.8) is 0 Å². The molecule has 1 aromatic heterocycles. The Kier molecular flexibility index (Phi) is 7.77. The molecule has 9 heteroatoms. The molecule has 32 heavy (non-hydrogen) atoms. The number of pyridine rings is 1. The quantitative estimate of drug-likeness (QED) is 0.570. The zero-order chi connectivity index (χ0) is 23.1. The van der Waals surface area contributed by atoms with Gasteiger partial charge < -0.3 is 25.3 Å². The van der Waals surface area contributed by atoms with E-state index in [9.17, 15) is 24.6 Å². The topological polar surface area (TPSA) is 123 Å². The number of benzene rings is 1. The number of likely N-dealkylation sites (N-methyl/N-ethyl adjacent to an activating group) is 1. The molecular formula is C23H28N4O5. The third-order valence-corrected chi connectivity index (χ3v) is 5.57. The van der Waals surface area contributed by atoms with Gasteiger partial charge in [0, 0.05) is 31.5 Å². The van der Waals surface area contributed by atoms with Gasteiger partial charge in [-0.05, 0) is 43.0 Å². The van der Waals surface area contributed by atoms with Crippen LogP contribution in [0.4, 0.5) is 4.79 Å². The van der Waals surface area contributed by atoms with Crippen molar-refractivity contribution in [2.75, 3.05) is 20.1 Å². The minimum absolute atomic E-state index is 0.0678. The van der Waals surface area contributed by atoms with Gasteiger partial charge in [0.2, 0.25) is 0 Å². The Labute approximate surface area is 186 Å². The van der Waals surface area contributed by atoms with Gasteiger partial charge in [-0.3, -0.25) is 9.78 Å². The number of rotatable bonds is 8. The molecule has 9 nitrogen and oxygen atoms in total. The molecule has 3 amide bonds. The number of aliphatic carboxylic acids is 1. The van der Waals surface area contributed by atoms with E-state index < -0.39 is 30.2 Å². The van der Waals surface area contributed by atoms with Crippen LogP contribution in [-0.2, 0) is 11.2 Å². The van der Waals surface area contributed by atoms with E-state index in [-0.39, 0.29) is 12.5 Å². The molecule has 1 fully saturated rings. The molecule has 0 bridgehead atoms. The van der Waals surface area contributed by atoms with Crippen LogP contribution in [-0.4, -0.2) is 81.2 Å². The van der Waals surface area contributed by atoms with E-state index in [1.165, 1.54) is 16.8 Å². The highest BCUT2D eigenvalue weighted by atomic mass is 16.4. The van der Waals surface area contributed by atoms with Crippen LogP contribution in [0, 0.1) is 0 Å². The highest BCUT2D eigenvalue weighted by Crippen LogP contribution is 2.19. The van der Waals surface area contributed by atoms with E-state index >= 15 is 0 Å². The van der Waals surface area contributed by atoms with Gasteiger partial charge in [-0.1, -0.05) is 24.3 Å². The highest BCUT2D eigenvalue weighted by molar-refractivity contribution is 5.94. The molecule has 2 heterocycles. The van der Waals surface area contributed by atoms with Gasteiger partial charge in [-0.25, -0.2) is 9.59 Å². The Morgan fingerprint density at radius 2 is 1.97 bits per heavy atom. The summed E-state index contributed by atoms with van der Waals surface area (Å²) < 4.78 is 0. The van der Waals surface area contributed by atoms with Crippen LogP contribution in [0.25, 0.3) is 0 Å². The number of hydrogen-bond donors (Lipinski definition) is 3. The average molecular weight is 441 g/mol. The van der Waals surface area contributed by atoms with Crippen LogP contribution < -0.4 is 5.32 Å². The summed E-state index contributed by atoms with van der Waals surface area (Å²) in [5, 5.41) is 23.1. The lowest BCUT2D eigenvalue weighted by Crippen LogP contribution is -2.53. The van der Waals surface area contributed by atoms with E-state index in [1.54, 1.807) is 42.7 Å². The van der Waals surface area contributed by atoms with Gasteiger partial charge in [0.05, 0.1) is 18.7 Å². The number of carbonyl (C=O) groups is 3. The van der Waals surface area contributed by atoms with Crippen LogP contribution >= 0.6 is 0 Å². The fourth-order valence-electron chi connectivity index (χ4n) is 3.85. The largest absolute Gasteiger partial charge is 0.480 e. The van der Waals surface area contributed by atoms with Gasteiger partial charge in [-0.2, -0.15) is 0 Å². The Morgan fingerprint density at radius 3 is 2.62 bits per heavy atom. The maximum Gasteiger partial charge on any atom is 0.326 e. The van der Waals surface area contributed by atoms with Crippen molar-refractivity contribution in [1.82, 2.24) is 20.1 Å². The summed E-state index contributed by atoms with van der Waals surface area (Å²) in [4.78, 5) is 43.6. The number of aliphatic hydroxyl groups is 1. The molecule has 2 aromatic rings. The molecule has 1 saturated heterocycles. The second kappa shape index (κ2) is 10.7. The number of carbonyl (C=O) groups excluding carboxylic acids is 2. The lowest BCUT2D eigenvalue weighted by Gasteiger charge is -2.31. The molecule has 1 aromatic carbocycles. The number of nitrogens with one attached hydrogen (secondary N) is 1. The second-order valence-corrected chi connectivity index (χ2v) is 7.93. The van der Waals surface area contributed by atoms with Gasteiger partial charge in [-0.15, -0.1) is 0 Å². The minimum atomic E-state index is -1.08. The van der Waals surface area contributed by atoms with Gasteiger partial charge in [0.1, 0.15) is 6.04 Å². The maximum absolute atomic E-state index is 12.8. The summed E-state index contributed by atoms with van der Waals surface area (Å²) >= 11 is 0. The van der Waals surface area contributed by atoms with Crippen molar-refractivity contribution in [3.05, 3.63) is 66.0 Å². The Balaban J connectivity index is 1.70. The summed E-state index contributed by atoms with van der Waals surface area (Å²) in [5.41, 5.74) is 1.28. The number of amides is 3. The van der Waals surface area contributed by atoms with Crippen molar-refractivity contribution in [3.8, 4) is 0 Å². The molecule has 1 aliphatic rings. The van der Waals surface area contributed by atoms with Crippen molar-refractivity contribution >= 4 is 17.9 Å². The van der Waals surface area contributed by atoms with Gasteiger partial charge in [0.25, 0.3) is 5.91 Å². The highest BCUT2D eigenvalue weighted by Gasteiger charge is 2.36. The van der Waals surface area contributed by atoms with E-state index in [4.69, 9.17) is 0 Å². The van der Waals surface area contributed by atoms with Crippen LogP contribution in [0.1, 0.15) is 28.8 Å². The van der Waals surface area contributed by atoms with E-state index in [0.717, 1.165) is 5.56 Å². The Bertz CT molecular complexity index is 924. The molecule has 0 saturated carbocycles. The number of carboxylic acids is 1. The molecule has 170 valence electrons. The van der Waals surface area contributed by atoms with E-state index in [2.05, 4.69) is 10.3 Å². The Hall–Kier alpha value is -3.46. The zero-order valence-electron chi connectivity index (χ0n) is 17.9. The number of hydrogen-bond acceptors (Lipinski definition) is 5. The van der Waals surface area contributed by atoms with Crippen molar-refractivity contribution < 1.29 is 24.6 Å².